The van der Waals surface area contributed by atoms with Crippen LogP contribution in [0.1, 0.15) is 32.4 Å². The first-order chi connectivity index (χ1) is 7.19. The van der Waals surface area contributed by atoms with Crippen LogP contribution in [0, 0.1) is 0 Å². The van der Waals surface area contributed by atoms with E-state index in [1.54, 1.807) is 0 Å². The summed E-state index contributed by atoms with van der Waals surface area (Å²) in [5.74, 6) is 0.476. The van der Waals surface area contributed by atoms with E-state index in [2.05, 4.69) is 36.8 Å². The minimum atomic E-state index is 0.476. The van der Waals surface area contributed by atoms with Crippen LogP contribution >= 0.6 is 11.6 Å². The molecule has 0 aromatic carbocycles. The maximum atomic E-state index is 5.76. The zero-order valence-electron chi connectivity index (χ0n) is 9.70. The monoisotopic (exact) mass is 226 g/mol. The molecule has 15 heavy (non-hydrogen) atoms. The van der Waals surface area contributed by atoms with Gasteiger partial charge in [0.2, 0.25) is 0 Å². The largest absolute Gasteiger partial charge is 0.372 e. The number of halogens is 1. The first-order valence-electron chi connectivity index (χ1n) is 5.42. The molecule has 0 aliphatic carbocycles. The van der Waals surface area contributed by atoms with E-state index in [1.165, 1.54) is 18.5 Å². The number of pyridine rings is 1. The van der Waals surface area contributed by atoms with E-state index < -0.39 is 0 Å². The van der Waals surface area contributed by atoms with Crippen molar-refractivity contribution < 1.29 is 0 Å². The van der Waals surface area contributed by atoms with Gasteiger partial charge in [-0.2, -0.15) is 0 Å². The van der Waals surface area contributed by atoms with Gasteiger partial charge in [0.1, 0.15) is 0 Å². The van der Waals surface area contributed by atoms with Crippen LogP contribution in [-0.2, 0) is 5.88 Å². The quantitative estimate of drug-likeness (QED) is 0.715. The van der Waals surface area contributed by atoms with Crippen molar-refractivity contribution in [3.05, 3.63) is 24.0 Å². The summed E-state index contributed by atoms with van der Waals surface area (Å²) in [7, 11) is 2.12. The summed E-state index contributed by atoms with van der Waals surface area (Å²) in [6.45, 7) is 4.45. The summed E-state index contributed by atoms with van der Waals surface area (Å²) in [4.78, 5) is 6.47. The molecule has 0 N–H and O–H groups in total. The van der Waals surface area contributed by atoms with Crippen LogP contribution in [0.15, 0.2) is 18.3 Å². The summed E-state index contributed by atoms with van der Waals surface area (Å²) in [5, 5.41) is 0. The predicted molar refractivity (Wildman–Crippen MR) is 66.6 cm³/mol. The SMILES string of the molecule is CCCC(C)N(C)c1ccnc(CCl)c1. The zero-order valence-corrected chi connectivity index (χ0v) is 10.5. The molecule has 0 radical (unpaired) electrons. The Balaban J connectivity index is 2.76. The van der Waals surface area contributed by atoms with Crippen LogP contribution in [0.25, 0.3) is 0 Å². The Morgan fingerprint density at radius 3 is 2.87 bits per heavy atom. The molecular weight excluding hydrogens is 208 g/mol. The molecular formula is C12H19ClN2. The number of rotatable bonds is 5. The Kier molecular flexibility index (Phi) is 4.89. The Morgan fingerprint density at radius 2 is 2.27 bits per heavy atom. The molecule has 3 heteroatoms. The topological polar surface area (TPSA) is 16.1 Å². The Morgan fingerprint density at radius 1 is 1.53 bits per heavy atom. The number of hydrogen-bond acceptors (Lipinski definition) is 2. The van der Waals surface area contributed by atoms with Gasteiger partial charge in [-0.3, -0.25) is 4.98 Å². The summed E-state index contributed by atoms with van der Waals surface area (Å²) in [6.07, 6.45) is 4.23. The van der Waals surface area contributed by atoms with Gasteiger partial charge in [0.15, 0.2) is 0 Å². The summed E-state index contributed by atoms with van der Waals surface area (Å²) < 4.78 is 0. The maximum Gasteiger partial charge on any atom is 0.0648 e. The van der Waals surface area contributed by atoms with E-state index in [1.807, 2.05) is 12.3 Å². The lowest BCUT2D eigenvalue weighted by atomic mass is 10.1. The first kappa shape index (κ1) is 12.3. The van der Waals surface area contributed by atoms with Crippen LogP contribution < -0.4 is 4.90 Å². The minimum Gasteiger partial charge on any atom is -0.372 e. The van der Waals surface area contributed by atoms with Crippen LogP contribution in [-0.4, -0.2) is 18.1 Å². The van der Waals surface area contributed by atoms with Gasteiger partial charge in [-0.15, -0.1) is 11.6 Å². The number of hydrogen-bond donors (Lipinski definition) is 0. The highest BCUT2D eigenvalue weighted by molar-refractivity contribution is 6.16. The van der Waals surface area contributed by atoms with Crippen molar-refractivity contribution in [1.82, 2.24) is 4.98 Å². The Hall–Kier alpha value is -0.760. The van der Waals surface area contributed by atoms with Crippen molar-refractivity contribution >= 4 is 17.3 Å². The zero-order chi connectivity index (χ0) is 11.3. The van der Waals surface area contributed by atoms with Crippen molar-refractivity contribution in [1.29, 1.82) is 0 Å². The number of aromatic nitrogens is 1. The Labute approximate surface area is 97.3 Å². The summed E-state index contributed by atoms with van der Waals surface area (Å²) in [5.41, 5.74) is 2.13. The highest BCUT2D eigenvalue weighted by Gasteiger charge is 2.09. The minimum absolute atomic E-state index is 0.476. The number of anilines is 1. The number of alkyl halides is 1. The predicted octanol–water partition coefficient (Wildman–Crippen LogP) is 3.45. The first-order valence-corrected chi connectivity index (χ1v) is 5.96. The lowest BCUT2D eigenvalue weighted by Crippen LogP contribution is -2.28. The lowest BCUT2D eigenvalue weighted by molar-refractivity contribution is 0.616. The van der Waals surface area contributed by atoms with Crippen molar-refractivity contribution in [3.63, 3.8) is 0 Å². The molecule has 0 spiro atoms. The third kappa shape index (κ3) is 3.38. The molecule has 0 aliphatic rings. The molecule has 1 rings (SSSR count). The van der Waals surface area contributed by atoms with Crippen LogP contribution in [0.2, 0.25) is 0 Å². The molecule has 84 valence electrons. The average Bonchev–Trinajstić information content (AvgIpc) is 2.28. The second-order valence-corrected chi connectivity index (χ2v) is 4.15. The van der Waals surface area contributed by atoms with E-state index in [4.69, 9.17) is 11.6 Å². The molecule has 0 bridgehead atoms. The van der Waals surface area contributed by atoms with Crippen molar-refractivity contribution in [2.24, 2.45) is 0 Å². The molecule has 1 aromatic rings. The van der Waals surface area contributed by atoms with Gasteiger partial charge >= 0.3 is 0 Å². The van der Waals surface area contributed by atoms with Gasteiger partial charge in [-0.25, -0.2) is 0 Å². The molecule has 2 nitrogen and oxygen atoms in total. The van der Waals surface area contributed by atoms with E-state index in [0.717, 1.165) is 5.69 Å². The molecule has 1 heterocycles. The summed E-state index contributed by atoms with van der Waals surface area (Å²) in [6, 6.07) is 4.64. The highest BCUT2D eigenvalue weighted by Crippen LogP contribution is 2.18. The fourth-order valence-corrected chi connectivity index (χ4v) is 1.77. The van der Waals surface area contributed by atoms with Gasteiger partial charge in [-0.05, 0) is 25.5 Å². The molecule has 0 aliphatic heterocycles. The van der Waals surface area contributed by atoms with Crippen LogP contribution in [0.3, 0.4) is 0 Å². The molecule has 0 saturated carbocycles. The fraction of sp³-hybridized carbons (Fsp3) is 0.583. The van der Waals surface area contributed by atoms with Crippen molar-refractivity contribution in [3.8, 4) is 0 Å². The van der Waals surface area contributed by atoms with E-state index >= 15 is 0 Å². The molecule has 0 fully saturated rings. The fourth-order valence-electron chi connectivity index (χ4n) is 1.62. The van der Waals surface area contributed by atoms with E-state index in [0.29, 0.717) is 11.9 Å². The lowest BCUT2D eigenvalue weighted by Gasteiger charge is -2.26. The van der Waals surface area contributed by atoms with Crippen molar-refractivity contribution in [2.75, 3.05) is 11.9 Å². The van der Waals surface area contributed by atoms with Crippen LogP contribution in [0.5, 0.6) is 0 Å². The molecule has 1 unspecified atom stereocenters. The third-order valence-electron chi connectivity index (χ3n) is 2.71. The van der Waals surface area contributed by atoms with Gasteiger partial charge in [0, 0.05) is 25.0 Å². The van der Waals surface area contributed by atoms with Gasteiger partial charge in [-0.1, -0.05) is 13.3 Å². The smallest absolute Gasteiger partial charge is 0.0648 e. The number of nitrogens with zero attached hydrogens (tertiary/aromatic N) is 2. The van der Waals surface area contributed by atoms with Gasteiger partial charge in [0.05, 0.1) is 11.6 Å². The molecule has 0 amide bonds. The standard InChI is InChI=1S/C12H19ClN2/c1-4-5-10(2)15(3)12-6-7-14-11(8-12)9-13/h6-8,10H,4-5,9H2,1-3H3. The third-order valence-corrected chi connectivity index (χ3v) is 2.99. The molecule has 0 saturated heterocycles. The van der Waals surface area contributed by atoms with E-state index in [9.17, 15) is 0 Å². The molecule has 1 aromatic heterocycles. The van der Waals surface area contributed by atoms with Gasteiger partial charge in [0.25, 0.3) is 0 Å². The van der Waals surface area contributed by atoms with E-state index in [-0.39, 0.29) is 0 Å². The Bertz CT molecular complexity index is 301. The normalized spacial score (nSPS) is 12.5. The second kappa shape index (κ2) is 5.96. The second-order valence-electron chi connectivity index (χ2n) is 3.89. The highest BCUT2D eigenvalue weighted by atomic mass is 35.5. The van der Waals surface area contributed by atoms with Gasteiger partial charge < -0.3 is 4.90 Å². The average molecular weight is 227 g/mol. The summed E-state index contributed by atoms with van der Waals surface area (Å²) >= 11 is 5.76. The maximum absolute atomic E-state index is 5.76. The van der Waals surface area contributed by atoms with Crippen molar-refractivity contribution in [2.45, 2.75) is 38.6 Å². The molecule has 1 atom stereocenters. The van der Waals surface area contributed by atoms with Crippen LogP contribution in [0.4, 0.5) is 5.69 Å².